The van der Waals surface area contributed by atoms with Crippen molar-refractivity contribution >= 4 is 17.3 Å². The molecule has 2 N–H and O–H groups in total. The summed E-state index contributed by atoms with van der Waals surface area (Å²) in [4.78, 5) is 8.74. The Morgan fingerprint density at radius 3 is 2.58 bits per heavy atom. The maximum atomic E-state index is 5.89. The van der Waals surface area contributed by atoms with Gasteiger partial charge in [-0.3, -0.25) is 4.99 Å². The molecule has 1 aromatic carbocycles. The summed E-state index contributed by atoms with van der Waals surface area (Å²) in [6.07, 6.45) is 3.12. The van der Waals surface area contributed by atoms with E-state index in [4.69, 9.17) is 4.74 Å². The second-order valence-electron chi connectivity index (χ2n) is 6.19. The molecule has 0 amide bonds. The number of nitrogens with one attached hydrogen (secondary N) is 2. The molecule has 1 atom stereocenters. The smallest absolute Gasteiger partial charge is 0.190 e. The van der Waals surface area contributed by atoms with Crippen LogP contribution in [-0.4, -0.2) is 37.7 Å². The van der Waals surface area contributed by atoms with Crippen molar-refractivity contribution in [2.45, 2.75) is 39.2 Å². The van der Waals surface area contributed by atoms with Gasteiger partial charge in [0.2, 0.25) is 0 Å². The summed E-state index contributed by atoms with van der Waals surface area (Å²) in [5.74, 6) is 0.844. The number of guanidine groups is 1. The van der Waals surface area contributed by atoms with Crippen molar-refractivity contribution in [1.82, 2.24) is 15.6 Å². The average Bonchev–Trinajstić information content (AvgIpc) is 3.08. The van der Waals surface area contributed by atoms with Crippen LogP contribution >= 0.6 is 11.3 Å². The highest BCUT2D eigenvalue weighted by atomic mass is 32.1. The van der Waals surface area contributed by atoms with E-state index in [2.05, 4.69) is 45.0 Å². The van der Waals surface area contributed by atoms with E-state index in [1.165, 1.54) is 10.6 Å². The third-order valence-electron chi connectivity index (χ3n) is 4.00. The topological polar surface area (TPSA) is 58.5 Å². The van der Waals surface area contributed by atoms with Crippen LogP contribution in [-0.2, 0) is 11.2 Å². The average molecular weight is 375 g/mol. The summed E-state index contributed by atoms with van der Waals surface area (Å²) >= 11 is 1.74. The fourth-order valence-corrected chi connectivity index (χ4v) is 3.36. The Labute approximate surface area is 160 Å². The van der Waals surface area contributed by atoms with Gasteiger partial charge in [-0.1, -0.05) is 30.3 Å². The highest BCUT2D eigenvalue weighted by Crippen LogP contribution is 2.15. The van der Waals surface area contributed by atoms with E-state index in [1.54, 1.807) is 18.4 Å². The van der Waals surface area contributed by atoms with Gasteiger partial charge in [-0.15, -0.1) is 11.3 Å². The SMILES string of the molecule is CN=C(NCCCOC(C)c1ccccc1)NCCCc1nc(C)cs1. The van der Waals surface area contributed by atoms with Gasteiger partial charge in [-0.2, -0.15) is 0 Å². The number of hydrogen-bond acceptors (Lipinski definition) is 4. The number of hydrogen-bond donors (Lipinski definition) is 2. The van der Waals surface area contributed by atoms with Crippen LogP contribution in [0.1, 0.15) is 42.1 Å². The zero-order chi connectivity index (χ0) is 18.6. The predicted molar refractivity (Wildman–Crippen MR) is 110 cm³/mol. The lowest BCUT2D eigenvalue weighted by Gasteiger charge is -2.14. The minimum atomic E-state index is 0.128. The first-order valence-corrected chi connectivity index (χ1v) is 10.1. The standard InChI is InChI=1S/C20H30N4OS/c1-16-15-26-19(24-16)11-7-12-22-20(21-3)23-13-8-14-25-17(2)18-9-5-4-6-10-18/h4-6,9-10,15,17H,7-8,11-14H2,1-3H3,(H2,21,22,23). The first kappa shape index (κ1) is 20.4. The molecule has 1 unspecified atom stereocenters. The minimum Gasteiger partial charge on any atom is -0.374 e. The zero-order valence-electron chi connectivity index (χ0n) is 16.0. The molecule has 0 fully saturated rings. The van der Waals surface area contributed by atoms with E-state index in [0.717, 1.165) is 50.6 Å². The van der Waals surface area contributed by atoms with Gasteiger partial charge in [0, 0.05) is 44.2 Å². The van der Waals surface area contributed by atoms with Crippen LogP contribution < -0.4 is 10.6 Å². The Bertz CT molecular complexity index is 657. The van der Waals surface area contributed by atoms with Crippen LogP contribution in [0.5, 0.6) is 0 Å². The maximum absolute atomic E-state index is 5.89. The van der Waals surface area contributed by atoms with Gasteiger partial charge in [-0.25, -0.2) is 4.98 Å². The summed E-state index contributed by atoms with van der Waals surface area (Å²) < 4.78 is 5.89. The van der Waals surface area contributed by atoms with Crippen molar-refractivity contribution in [3.05, 3.63) is 52.0 Å². The second-order valence-corrected chi connectivity index (χ2v) is 7.13. The molecule has 0 aliphatic carbocycles. The number of rotatable bonds is 10. The normalized spacial score (nSPS) is 12.8. The third-order valence-corrected chi connectivity index (χ3v) is 5.03. The molecule has 142 valence electrons. The summed E-state index contributed by atoms with van der Waals surface area (Å²) in [6, 6.07) is 10.3. The Balaban J connectivity index is 1.53. The number of aromatic nitrogens is 1. The van der Waals surface area contributed by atoms with Crippen LogP contribution in [0.25, 0.3) is 0 Å². The molecule has 0 spiro atoms. The molecule has 26 heavy (non-hydrogen) atoms. The molecule has 6 heteroatoms. The van der Waals surface area contributed by atoms with E-state index in [9.17, 15) is 0 Å². The number of nitrogens with zero attached hydrogens (tertiary/aromatic N) is 2. The van der Waals surface area contributed by atoms with Crippen molar-refractivity contribution in [3.8, 4) is 0 Å². The Morgan fingerprint density at radius 2 is 1.92 bits per heavy atom. The number of benzene rings is 1. The first-order valence-electron chi connectivity index (χ1n) is 9.21. The molecule has 0 aliphatic heterocycles. The molecule has 0 radical (unpaired) electrons. The summed E-state index contributed by atoms with van der Waals surface area (Å²) in [6.45, 7) is 6.58. The summed E-state index contributed by atoms with van der Waals surface area (Å²) in [5, 5.41) is 9.99. The van der Waals surface area contributed by atoms with Crippen molar-refractivity contribution in [2.75, 3.05) is 26.7 Å². The fourth-order valence-electron chi connectivity index (χ4n) is 2.54. The van der Waals surface area contributed by atoms with Crippen LogP contribution in [0, 0.1) is 6.92 Å². The molecule has 5 nitrogen and oxygen atoms in total. The maximum Gasteiger partial charge on any atom is 0.190 e. The molecule has 2 rings (SSSR count). The predicted octanol–water partition coefficient (Wildman–Crippen LogP) is 3.72. The van der Waals surface area contributed by atoms with Gasteiger partial charge < -0.3 is 15.4 Å². The number of aliphatic imine (C=N–C) groups is 1. The van der Waals surface area contributed by atoms with Gasteiger partial charge in [0.25, 0.3) is 0 Å². The third kappa shape index (κ3) is 7.54. The Kier molecular flexibility index (Phi) is 9.14. The van der Waals surface area contributed by atoms with Crippen molar-refractivity contribution in [2.24, 2.45) is 4.99 Å². The zero-order valence-corrected chi connectivity index (χ0v) is 16.8. The molecule has 0 saturated heterocycles. The van der Waals surface area contributed by atoms with Crippen LogP contribution in [0.3, 0.4) is 0 Å². The molecule has 0 saturated carbocycles. The highest BCUT2D eigenvalue weighted by molar-refractivity contribution is 7.09. The molecular weight excluding hydrogens is 344 g/mol. The highest BCUT2D eigenvalue weighted by Gasteiger charge is 2.04. The molecular formula is C20H30N4OS. The van der Waals surface area contributed by atoms with E-state index >= 15 is 0 Å². The second kappa shape index (κ2) is 11.6. The van der Waals surface area contributed by atoms with Gasteiger partial charge in [0.1, 0.15) is 0 Å². The van der Waals surface area contributed by atoms with Crippen LogP contribution in [0.15, 0.2) is 40.7 Å². The number of thiazole rings is 1. The molecule has 0 aliphatic rings. The monoisotopic (exact) mass is 374 g/mol. The van der Waals surface area contributed by atoms with Gasteiger partial charge in [0.05, 0.1) is 11.1 Å². The minimum absolute atomic E-state index is 0.128. The lowest BCUT2D eigenvalue weighted by atomic mass is 10.1. The molecule has 1 heterocycles. The fraction of sp³-hybridized carbons (Fsp3) is 0.500. The van der Waals surface area contributed by atoms with E-state index in [1.807, 2.05) is 25.1 Å². The Hall–Kier alpha value is -1.92. The van der Waals surface area contributed by atoms with Crippen molar-refractivity contribution in [3.63, 3.8) is 0 Å². The van der Waals surface area contributed by atoms with Crippen LogP contribution in [0.4, 0.5) is 0 Å². The van der Waals surface area contributed by atoms with Gasteiger partial charge in [-0.05, 0) is 32.3 Å². The van der Waals surface area contributed by atoms with Crippen LogP contribution in [0.2, 0.25) is 0 Å². The van der Waals surface area contributed by atoms with Gasteiger partial charge >= 0.3 is 0 Å². The van der Waals surface area contributed by atoms with Gasteiger partial charge in [0.15, 0.2) is 5.96 Å². The lowest BCUT2D eigenvalue weighted by molar-refractivity contribution is 0.0646. The number of aryl methyl sites for hydroxylation is 2. The molecule has 2 aromatic rings. The lowest BCUT2D eigenvalue weighted by Crippen LogP contribution is -2.38. The summed E-state index contributed by atoms with van der Waals surface area (Å²) in [5.41, 5.74) is 2.33. The largest absolute Gasteiger partial charge is 0.374 e. The Morgan fingerprint density at radius 1 is 1.19 bits per heavy atom. The van der Waals surface area contributed by atoms with Crippen molar-refractivity contribution < 1.29 is 4.74 Å². The first-order chi connectivity index (χ1) is 12.7. The summed E-state index contributed by atoms with van der Waals surface area (Å²) in [7, 11) is 1.80. The van der Waals surface area contributed by atoms with E-state index in [-0.39, 0.29) is 6.10 Å². The van der Waals surface area contributed by atoms with Crippen molar-refractivity contribution in [1.29, 1.82) is 0 Å². The molecule has 0 bridgehead atoms. The molecule has 1 aromatic heterocycles. The van der Waals surface area contributed by atoms with E-state index < -0.39 is 0 Å². The quantitative estimate of drug-likeness (QED) is 0.378. The van der Waals surface area contributed by atoms with E-state index in [0.29, 0.717) is 0 Å². The number of ether oxygens (including phenoxy) is 1.